The topological polar surface area (TPSA) is 60.0 Å². The number of carbonyl (C=O) groups is 1. The minimum atomic E-state index is -0.0765. The van der Waals surface area contributed by atoms with Crippen molar-refractivity contribution in [1.29, 1.82) is 0 Å². The zero-order valence-electron chi connectivity index (χ0n) is 19.7. The molecule has 174 valence electrons. The van der Waals surface area contributed by atoms with Gasteiger partial charge < -0.3 is 19.5 Å². The number of hydrogen-bond donors (Lipinski definition) is 1. The van der Waals surface area contributed by atoms with Crippen molar-refractivity contribution >= 4 is 5.91 Å². The first kappa shape index (κ1) is 23.9. The maximum Gasteiger partial charge on any atom is 0.234 e. The van der Waals surface area contributed by atoms with Gasteiger partial charge in [0.2, 0.25) is 5.91 Å². The molecule has 0 bridgehead atoms. The Balaban J connectivity index is 1.50. The lowest BCUT2D eigenvalue weighted by Crippen LogP contribution is -2.39. The number of nitrogens with zero attached hydrogens (tertiary/aromatic N) is 1. The summed E-state index contributed by atoms with van der Waals surface area (Å²) >= 11 is 0. The molecule has 1 aliphatic rings. The third-order valence-corrected chi connectivity index (χ3v) is 5.69. The predicted octanol–water partition coefficient (Wildman–Crippen LogP) is 4.23. The van der Waals surface area contributed by atoms with Crippen LogP contribution >= 0.6 is 0 Å². The molecule has 0 saturated carbocycles. The van der Waals surface area contributed by atoms with Crippen LogP contribution in [-0.2, 0) is 11.2 Å². The minimum absolute atomic E-state index is 0.0303. The Hall–Kier alpha value is -2.73. The number of fused-ring (bicyclic) bond motifs is 1. The highest BCUT2D eigenvalue weighted by atomic mass is 16.5. The molecule has 6 heteroatoms. The normalized spacial score (nSPS) is 14.2. The first-order chi connectivity index (χ1) is 15.5. The first-order valence-electron chi connectivity index (χ1n) is 11.5. The summed E-state index contributed by atoms with van der Waals surface area (Å²) in [5.41, 5.74) is 2.32. The quantitative estimate of drug-likeness (QED) is 0.599. The number of likely N-dealkylation sites (N-methyl/N-ethyl adjacent to an activating group) is 1. The molecule has 32 heavy (non-hydrogen) atoms. The van der Waals surface area contributed by atoms with Gasteiger partial charge in [0.25, 0.3) is 0 Å². The number of rotatable bonds is 10. The monoisotopic (exact) mass is 440 g/mol. The second-order valence-electron chi connectivity index (χ2n) is 8.74. The molecule has 0 fully saturated rings. The van der Waals surface area contributed by atoms with E-state index in [1.165, 1.54) is 5.56 Å². The lowest BCUT2D eigenvalue weighted by molar-refractivity contribution is -0.123. The van der Waals surface area contributed by atoms with Gasteiger partial charge in [-0.3, -0.25) is 9.69 Å². The summed E-state index contributed by atoms with van der Waals surface area (Å²) in [6, 6.07) is 14.1. The fourth-order valence-corrected chi connectivity index (χ4v) is 3.90. The number of hydrogen-bond acceptors (Lipinski definition) is 5. The Morgan fingerprint density at radius 1 is 1.09 bits per heavy atom. The molecule has 1 aliphatic heterocycles. The lowest BCUT2D eigenvalue weighted by Gasteiger charge is -2.25. The number of methoxy groups -OCH3 is 1. The van der Waals surface area contributed by atoms with E-state index in [0.717, 1.165) is 48.6 Å². The van der Waals surface area contributed by atoms with Crippen molar-refractivity contribution in [2.24, 2.45) is 5.92 Å². The summed E-state index contributed by atoms with van der Waals surface area (Å²) in [6.45, 7) is 6.78. The standard InChI is InChI=1S/C26H36N2O4/c1-19(2)26(21-10-13-23-24(17-21)32-16-6-15-31-23)27-25(29)18-28(3)14-5-7-20-8-11-22(30-4)12-9-20/h8-13,17,19,26H,5-7,14-16,18H2,1-4H3,(H,27,29). The van der Waals surface area contributed by atoms with Crippen LogP contribution in [0, 0.1) is 5.92 Å². The predicted molar refractivity (Wildman–Crippen MR) is 127 cm³/mol. The van der Waals surface area contributed by atoms with Gasteiger partial charge >= 0.3 is 0 Å². The third-order valence-electron chi connectivity index (χ3n) is 5.69. The van der Waals surface area contributed by atoms with Gasteiger partial charge in [0.15, 0.2) is 11.5 Å². The number of aryl methyl sites for hydroxylation is 1. The first-order valence-corrected chi connectivity index (χ1v) is 11.5. The SMILES string of the molecule is COc1ccc(CCCN(C)CC(=O)NC(c2ccc3c(c2)OCCCO3)C(C)C)cc1. The number of nitrogens with one attached hydrogen (secondary N) is 1. The largest absolute Gasteiger partial charge is 0.497 e. The van der Waals surface area contributed by atoms with Gasteiger partial charge in [-0.15, -0.1) is 0 Å². The molecule has 2 aromatic rings. The van der Waals surface area contributed by atoms with E-state index in [2.05, 4.69) is 36.2 Å². The van der Waals surface area contributed by atoms with Crippen LogP contribution in [0.5, 0.6) is 17.2 Å². The van der Waals surface area contributed by atoms with Crippen molar-refractivity contribution in [2.45, 2.75) is 39.2 Å². The molecule has 1 amide bonds. The van der Waals surface area contributed by atoms with Gasteiger partial charge in [-0.2, -0.15) is 0 Å². The van der Waals surface area contributed by atoms with Crippen molar-refractivity contribution in [2.75, 3.05) is 40.5 Å². The molecule has 1 unspecified atom stereocenters. The molecule has 1 heterocycles. The fraction of sp³-hybridized carbons (Fsp3) is 0.500. The molecule has 0 aromatic heterocycles. The van der Waals surface area contributed by atoms with Gasteiger partial charge in [0.1, 0.15) is 5.75 Å². The van der Waals surface area contributed by atoms with Crippen LogP contribution in [0.15, 0.2) is 42.5 Å². The Labute approximate surface area is 191 Å². The van der Waals surface area contributed by atoms with Crippen molar-refractivity contribution < 1.29 is 19.0 Å². The summed E-state index contributed by atoms with van der Waals surface area (Å²) in [5.74, 6) is 2.69. The Bertz CT molecular complexity index is 867. The van der Waals surface area contributed by atoms with Gasteiger partial charge in [0, 0.05) is 6.42 Å². The average molecular weight is 441 g/mol. The van der Waals surface area contributed by atoms with E-state index >= 15 is 0 Å². The number of benzene rings is 2. The maximum absolute atomic E-state index is 12.8. The van der Waals surface area contributed by atoms with Crippen molar-refractivity contribution in [3.05, 3.63) is 53.6 Å². The second-order valence-corrected chi connectivity index (χ2v) is 8.74. The van der Waals surface area contributed by atoms with Gasteiger partial charge in [-0.05, 0) is 67.7 Å². The van der Waals surface area contributed by atoms with Crippen LogP contribution in [0.3, 0.4) is 0 Å². The van der Waals surface area contributed by atoms with Crippen LogP contribution in [0.1, 0.15) is 43.9 Å². The lowest BCUT2D eigenvalue weighted by atomic mass is 9.95. The van der Waals surface area contributed by atoms with E-state index in [0.29, 0.717) is 19.8 Å². The summed E-state index contributed by atoms with van der Waals surface area (Å²) < 4.78 is 16.8. The summed E-state index contributed by atoms with van der Waals surface area (Å²) in [5, 5.41) is 3.22. The molecule has 1 N–H and O–H groups in total. The Morgan fingerprint density at radius 2 is 1.81 bits per heavy atom. The van der Waals surface area contributed by atoms with Crippen molar-refractivity contribution in [3.8, 4) is 17.2 Å². The fourth-order valence-electron chi connectivity index (χ4n) is 3.90. The third kappa shape index (κ3) is 6.89. The molecule has 2 aromatic carbocycles. The van der Waals surface area contributed by atoms with Crippen LogP contribution in [-0.4, -0.2) is 51.3 Å². The van der Waals surface area contributed by atoms with Crippen molar-refractivity contribution in [1.82, 2.24) is 10.2 Å². The molecule has 0 spiro atoms. The molecule has 3 rings (SSSR count). The van der Waals surface area contributed by atoms with Crippen molar-refractivity contribution in [3.63, 3.8) is 0 Å². The molecule has 0 aliphatic carbocycles. The van der Waals surface area contributed by atoms with Crippen LogP contribution < -0.4 is 19.5 Å². The molecular formula is C26H36N2O4. The zero-order chi connectivity index (χ0) is 22.9. The van der Waals surface area contributed by atoms with E-state index in [4.69, 9.17) is 14.2 Å². The highest BCUT2D eigenvalue weighted by Crippen LogP contribution is 2.34. The van der Waals surface area contributed by atoms with Crippen LogP contribution in [0.25, 0.3) is 0 Å². The highest BCUT2D eigenvalue weighted by Gasteiger charge is 2.21. The number of carbonyl (C=O) groups excluding carboxylic acids is 1. The maximum atomic E-state index is 12.8. The van der Waals surface area contributed by atoms with Crippen LogP contribution in [0.4, 0.5) is 0 Å². The molecular weight excluding hydrogens is 404 g/mol. The minimum Gasteiger partial charge on any atom is -0.497 e. The Morgan fingerprint density at radius 3 is 2.50 bits per heavy atom. The number of amides is 1. The van der Waals surface area contributed by atoms with Crippen LogP contribution in [0.2, 0.25) is 0 Å². The van der Waals surface area contributed by atoms with E-state index in [1.807, 2.05) is 37.4 Å². The van der Waals surface area contributed by atoms with E-state index < -0.39 is 0 Å². The molecule has 6 nitrogen and oxygen atoms in total. The Kier molecular flexibility index (Phi) is 8.80. The van der Waals surface area contributed by atoms with Gasteiger partial charge in [-0.1, -0.05) is 32.0 Å². The molecule has 0 radical (unpaired) electrons. The van der Waals surface area contributed by atoms with Gasteiger partial charge in [0.05, 0.1) is 32.9 Å². The molecule has 0 saturated heterocycles. The average Bonchev–Trinajstić information content (AvgIpc) is 3.02. The highest BCUT2D eigenvalue weighted by molar-refractivity contribution is 5.78. The van der Waals surface area contributed by atoms with E-state index in [1.54, 1.807) is 7.11 Å². The van der Waals surface area contributed by atoms with Gasteiger partial charge in [-0.25, -0.2) is 0 Å². The smallest absolute Gasteiger partial charge is 0.234 e. The number of ether oxygens (including phenoxy) is 3. The summed E-state index contributed by atoms with van der Waals surface area (Å²) in [4.78, 5) is 14.8. The van der Waals surface area contributed by atoms with E-state index in [9.17, 15) is 4.79 Å². The molecule has 1 atom stereocenters. The summed E-state index contributed by atoms with van der Waals surface area (Å²) in [7, 11) is 3.67. The van der Waals surface area contributed by atoms with E-state index in [-0.39, 0.29) is 17.9 Å². The second kappa shape index (κ2) is 11.8. The zero-order valence-corrected chi connectivity index (χ0v) is 19.7. The summed E-state index contributed by atoms with van der Waals surface area (Å²) in [6.07, 6.45) is 2.84.